The second kappa shape index (κ2) is 8.29. The lowest BCUT2D eigenvalue weighted by atomic mass is 10.1. The standard InChI is InChI=1S/C17H16Cl3F3N2O2/c1-4-27-16(26)15-13(20)12(5-8(2)3)24-25(15)14-10(18)6-9(7-11(14)19)17(21,22)23/h6-8H,4-5H2,1-3H3. The molecule has 0 amide bonds. The molecule has 0 radical (unpaired) electrons. The summed E-state index contributed by atoms with van der Waals surface area (Å²) in [5, 5.41) is 3.67. The highest BCUT2D eigenvalue weighted by Crippen LogP contribution is 2.39. The fourth-order valence-corrected chi connectivity index (χ4v) is 3.35. The summed E-state index contributed by atoms with van der Waals surface area (Å²) in [6.07, 6.45) is -4.19. The molecule has 27 heavy (non-hydrogen) atoms. The van der Waals surface area contributed by atoms with Crippen LogP contribution < -0.4 is 0 Å². The number of ether oxygens (including phenoxy) is 1. The molecule has 0 bridgehead atoms. The van der Waals surface area contributed by atoms with Crippen LogP contribution in [0, 0.1) is 5.92 Å². The number of carbonyl (C=O) groups excluding carboxylic acids is 1. The lowest BCUT2D eigenvalue weighted by molar-refractivity contribution is -0.137. The monoisotopic (exact) mass is 442 g/mol. The van der Waals surface area contributed by atoms with E-state index < -0.39 is 17.7 Å². The molecule has 0 saturated heterocycles. The van der Waals surface area contributed by atoms with Crippen molar-refractivity contribution >= 4 is 40.8 Å². The fraction of sp³-hybridized carbons (Fsp3) is 0.412. The van der Waals surface area contributed by atoms with E-state index in [0.29, 0.717) is 12.1 Å². The molecule has 0 atom stereocenters. The molecule has 0 spiro atoms. The first-order chi connectivity index (χ1) is 12.5. The number of carbonyl (C=O) groups is 1. The first-order valence-corrected chi connectivity index (χ1v) is 9.11. The molecule has 0 aliphatic heterocycles. The van der Waals surface area contributed by atoms with Gasteiger partial charge in [-0.05, 0) is 31.4 Å². The van der Waals surface area contributed by atoms with Gasteiger partial charge in [0.1, 0.15) is 5.69 Å². The highest BCUT2D eigenvalue weighted by Gasteiger charge is 2.33. The molecular formula is C17H16Cl3F3N2O2. The smallest absolute Gasteiger partial charge is 0.416 e. The molecule has 0 N–H and O–H groups in total. The molecule has 10 heteroatoms. The summed E-state index contributed by atoms with van der Waals surface area (Å²) in [4.78, 5) is 12.4. The number of aromatic nitrogens is 2. The minimum absolute atomic E-state index is 0.0502. The van der Waals surface area contributed by atoms with Crippen molar-refractivity contribution in [3.8, 4) is 5.69 Å². The van der Waals surface area contributed by atoms with Crippen molar-refractivity contribution in [2.24, 2.45) is 5.92 Å². The zero-order valence-electron chi connectivity index (χ0n) is 14.6. The lowest BCUT2D eigenvalue weighted by Crippen LogP contribution is -2.14. The predicted molar refractivity (Wildman–Crippen MR) is 98.1 cm³/mol. The van der Waals surface area contributed by atoms with Crippen LogP contribution in [0.1, 0.15) is 42.5 Å². The molecule has 1 aromatic carbocycles. The summed E-state index contributed by atoms with van der Waals surface area (Å²) in [6.45, 7) is 5.54. The van der Waals surface area contributed by atoms with Crippen molar-refractivity contribution in [2.45, 2.75) is 33.4 Å². The van der Waals surface area contributed by atoms with E-state index in [0.717, 1.165) is 16.8 Å². The van der Waals surface area contributed by atoms with Crippen molar-refractivity contribution in [2.75, 3.05) is 6.61 Å². The largest absolute Gasteiger partial charge is 0.461 e. The zero-order valence-corrected chi connectivity index (χ0v) is 16.9. The first kappa shape index (κ1) is 21.9. The average molecular weight is 444 g/mol. The summed E-state index contributed by atoms with van der Waals surface area (Å²) >= 11 is 18.4. The third-order valence-electron chi connectivity index (χ3n) is 3.52. The Bertz CT molecular complexity index is 841. The van der Waals surface area contributed by atoms with Crippen LogP contribution >= 0.6 is 34.8 Å². The summed E-state index contributed by atoms with van der Waals surface area (Å²) in [6, 6.07) is 1.44. The van der Waals surface area contributed by atoms with Gasteiger partial charge >= 0.3 is 12.1 Å². The molecule has 1 aromatic heterocycles. The Morgan fingerprint density at radius 3 is 2.22 bits per heavy atom. The van der Waals surface area contributed by atoms with Crippen LogP contribution in [0.25, 0.3) is 5.69 Å². The Balaban J connectivity index is 2.72. The van der Waals surface area contributed by atoms with Crippen LogP contribution in [0.15, 0.2) is 12.1 Å². The van der Waals surface area contributed by atoms with Crippen molar-refractivity contribution in [1.29, 1.82) is 0 Å². The number of esters is 1. The van der Waals surface area contributed by atoms with E-state index >= 15 is 0 Å². The summed E-state index contributed by atoms with van der Waals surface area (Å²) in [5.41, 5.74) is -0.842. The third kappa shape index (κ3) is 4.70. The van der Waals surface area contributed by atoms with Gasteiger partial charge in [-0.25, -0.2) is 9.48 Å². The fourth-order valence-electron chi connectivity index (χ4n) is 2.43. The number of nitrogens with zero attached hydrogens (tertiary/aromatic N) is 2. The molecule has 0 fully saturated rings. The Morgan fingerprint density at radius 2 is 1.78 bits per heavy atom. The summed E-state index contributed by atoms with van der Waals surface area (Å²) in [5.74, 6) is -0.614. The Hall–Kier alpha value is -1.44. The van der Waals surface area contributed by atoms with E-state index in [9.17, 15) is 18.0 Å². The Morgan fingerprint density at radius 1 is 1.22 bits per heavy atom. The molecule has 0 aliphatic carbocycles. The number of alkyl halides is 3. The van der Waals surface area contributed by atoms with E-state index in [1.165, 1.54) is 0 Å². The van der Waals surface area contributed by atoms with Gasteiger partial charge in [-0.2, -0.15) is 18.3 Å². The van der Waals surface area contributed by atoms with Crippen LogP contribution in [-0.4, -0.2) is 22.4 Å². The highest BCUT2D eigenvalue weighted by molar-refractivity contribution is 6.38. The van der Waals surface area contributed by atoms with Crippen LogP contribution in [0.5, 0.6) is 0 Å². The summed E-state index contributed by atoms with van der Waals surface area (Å²) < 4.78 is 44.9. The van der Waals surface area contributed by atoms with Gasteiger partial charge in [-0.1, -0.05) is 48.7 Å². The number of halogens is 6. The maximum Gasteiger partial charge on any atom is 0.416 e. The molecule has 0 aliphatic rings. The highest BCUT2D eigenvalue weighted by atomic mass is 35.5. The van der Waals surface area contributed by atoms with E-state index in [4.69, 9.17) is 39.5 Å². The maximum absolute atomic E-state index is 13.0. The van der Waals surface area contributed by atoms with E-state index in [1.54, 1.807) is 6.92 Å². The molecule has 2 rings (SSSR count). The van der Waals surface area contributed by atoms with Crippen molar-refractivity contribution in [3.63, 3.8) is 0 Å². The normalized spacial score (nSPS) is 11.9. The number of hydrogen-bond donors (Lipinski definition) is 0. The Labute approximate surface area is 169 Å². The van der Waals surface area contributed by atoms with Crippen molar-refractivity contribution < 1.29 is 22.7 Å². The van der Waals surface area contributed by atoms with Crippen LogP contribution in [0.3, 0.4) is 0 Å². The summed E-state index contributed by atoms with van der Waals surface area (Å²) in [7, 11) is 0. The zero-order chi connectivity index (χ0) is 20.5. The van der Waals surface area contributed by atoms with Crippen LogP contribution in [0.2, 0.25) is 15.1 Å². The van der Waals surface area contributed by atoms with Gasteiger partial charge in [0.05, 0.1) is 32.9 Å². The van der Waals surface area contributed by atoms with E-state index in [-0.39, 0.29) is 39.0 Å². The maximum atomic E-state index is 13.0. The lowest BCUT2D eigenvalue weighted by Gasteiger charge is -2.14. The average Bonchev–Trinajstić information content (AvgIpc) is 2.81. The van der Waals surface area contributed by atoms with E-state index in [1.807, 2.05) is 13.8 Å². The predicted octanol–water partition coefficient (Wildman–Crippen LogP) is 6.23. The number of benzene rings is 1. The minimum Gasteiger partial charge on any atom is -0.461 e. The van der Waals surface area contributed by atoms with Gasteiger partial charge < -0.3 is 4.74 Å². The van der Waals surface area contributed by atoms with Gasteiger partial charge in [-0.3, -0.25) is 0 Å². The second-order valence-corrected chi connectivity index (χ2v) is 7.32. The molecule has 1 heterocycles. The van der Waals surface area contributed by atoms with Crippen molar-refractivity contribution in [3.05, 3.63) is 44.2 Å². The SMILES string of the molecule is CCOC(=O)c1c(Cl)c(CC(C)C)nn1-c1c(Cl)cc(C(F)(F)F)cc1Cl. The molecular weight excluding hydrogens is 428 g/mol. The Kier molecular flexibility index (Phi) is 6.71. The van der Waals surface area contributed by atoms with Gasteiger partial charge in [-0.15, -0.1) is 0 Å². The van der Waals surface area contributed by atoms with Crippen LogP contribution in [0.4, 0.5) is 13.2 Å². The van der Waals surface area contributed by atoms with Crippen molar-refractivity contribution in [1.82, 2.24) is 9.78 Å². The van der Waals surface area contributed by atoms with Gasteiger partial charge in [0.15, 0.2) is 5.69 Å². The first-order valence-electron chi connectivity index (χ1n) is 7.98. The second-order valence-electron chi connectivity index (χ2n) is 6.13. The topological polar surface area (TPSA) is 44.1 Å². The van der Waals surface area contributed by atoms with Gasteiger partial charge in [0.2, 0.25) is 0 Å². The molecule has 2 aromatic rings. The molecule has 4 nitrogen and oxygen atoms in total. The number of hydrogen-bond acceptors (Lipinski definition) is 3. The minimum atomic E-state index is -4.62. The van der Waals surface area contributed by atoms with E-state index in [2.05, 4.69) is 5.10 Å². The number of rotatable bonds is 5. The van der Waals surface area contributed by atoms with Gasteiger partial charge in [0.25, 0.3) is 0 Å². The van der Waals surface area contributed by atoms with Crippen LogP contribution in [-0.2, 0) is 17.3 Å². The third-order valence-corrected chi connectivity index (χ3v) is 4.49. The molecule has 0 saturated carbocycles. The quantitative estimate of drug-likeness (QED) is 0.515. The molecule has 0 unspecified atom stereocenters. The molecule has 148 valence electrons. The van der Waals surface area contributed by atoms with Gasteiger partial charge in [0, 0.05) is 0 Å².